The molecule has 0 aliphatic carbocycles. The number of thiophene rings is 1. The van der Waals surface area contributed by atoms with Gasteiger partial charge in [0.05, 0.1) is 27.1 Å². The van der Waals surface area contributed by atoms with E-state index in [1.807, 2.05) is 47.7 Å². The molecule has 216 valence electrons. The molecule has 0 fully saturated rings. The van der Waals surface area contributed by atoms with E-state index in [9.17, 15) is 0 Å². The third-order valence-electron chi connectivity index (χ3n) is 8.63. The molecule has 0 aliphatic rings. The molecule has 6 aromatic carbocycles. The number of para-hydroxylation sites is 2. The fraction of sp³-hybridized carbons (Fsp3) is 0. The fourth-order valence-corrected chi connectivity index (χ4v) is 7.60. The zero-order valence-electron chi connectivity index (χ0n) is 24.8. The van der Waals surface area contributed by atoms with Gasteiger partial charge in [-0.2, -0.15) is 0 Å². The van der Waals surface area contributed by atoms with Gasteiger partial charge in [-0.25, -0.2) is 9.97 Å². The van der Waals surface area contributed by atoms with Gasteiger partial charge in [0.25, 0.3) is 0 Å². The second-order valence-electron chi connectivity index (χ2n) is 11.5. The molecule has 0 atom stereocenters. The van der Waals surface area contributed by atoms with E-state index in [0.29, 0.717) is 0 Å². The second-order valence-corrected chi connectivity index (χ2v) is 12.5. The number of hydrogen-bond donors (Lipinski definition) is 0. The van der Waals surface area contributed by atoms with E-state index in [1.54, 1.807) is 0 Å². The molecule has 0 aliphatic heterocycles. The lowest BCUT2D eigenvalue weighted by Gasteiger charge is -2.10. The van der Waals surface area contributed by atoms with Crippen LogP contribution in [0.5, 0.6) is 0 Å². The summed E-state index contributed by atoms with van der Waals surface area (Å²) in [6.07, 6.45) is 0. The number of benzene rings is 6. The van der Waals surface area contributed by atoms with Crippen molar-refractivity contribution < 1.29 is 0 Å². The molecule has 0 spiro atoms. The maximum atomic E-state index is 5.02. The fourth-order valence-electron chi connectivity index (χ4n) is 6.40. The quantitative estimate of drug-likeness (QED) is 0.195. The Balaban J connectivity index is 1.15. The highest BCUT2D eigenvalue weighted by molar-refractivity contribution is 7.26. The molecule has 0 bridgehead atoms. The van der Waals surface area contributed by atoms with E-state index in [0.717, 1.165) is 33.9 Å². The minimum atomic E-state index is 0.724. The summed E-state index contributed by atoms with van der Waals surface area (Å²) in [4.78, 5) is 9.96. The SMILES string of the molecule is c1ccc(-c2cc(-c3ccc(-c4ccc5sc6c7ccccc7n(-c7ccccc7)c6c5c4)cc3)nc(-c3ccccc3)n2)cc1. The van der Waals surface area contributed by atoms with Gasteiger partial charge in [-0.3, -0.25) is 0 Å². The van der Waals surface area contributed by atoms with Crippen LogP contribution in [0.2, 0.25) is 0 Å². The molecule has 0 saturated carbocycles. The Morgan fingerprint density at radius 1 is 0.435 bits per heavy atom. The summed E-state index contributed by atoms with van der Waals surface area (Å²) < 4.78 is 5.04. The molecule has 9 rings (SSSR count). The van der Waals surface area contributed by atoms with Gasteiger partial charge in [0.2, 0.25) is 0 Å². The third kappa shape index (κ3) is 4.50. The van der Waals surface area contributed by atoms with Gasteiger partial charge in [-0.1, -0.05) is 127 Å². The van der Waals surface area contributed by atoms with Gasteiger partial charge >= 0.3 is 0 Å². The first-order chi connectivity index (χ1) is 22.8. The largest absolute Gasteiger partial charge is 0.308 e. The van der Waals surface area contributed by atoms with Crippen LogP contribution < -0.4 is 0 Å². The third-order valence-corrected chi connectivity index (χ3v) is 9.82. The van der Waals surface area contributed by atoms with Crippen molar-refractivity contribution in [3.63, 3.8) is 0 Å². The van der Waals surface area contributed by atoms with Crippen LogP contribution >= 0.6 is 11.3 Å². The summed E-state index contributed by atoms with van der Waals surface area (Å²) in [7, 11) is 0. The minimum Gasteiger partial charge on any atom is -0.308 e. The lowest BCUT2D eigenvalue weighted by Crippen LogP contribution is -1.95. The standard InChI is InChI=1S/C42H27N3S/c1-4-12-29(13-5-1)36-27-37(44-42(43-36)31-14-6-2-7-15-31)30-22-20-28(21-23-30)32-24-25-39-35(26-32)40-41(46-39)34-18-10-11-19-38(34)45(40)33-16-8-3-9-17-33/h1-27H. The smallest absolute Gasteiger partial charge is 0.160 e. The lowest BCUT2D eigenvalue weighted by atomic mass is 10.0. The number of rotatable bonds is 5. The molecule has 0 saturated heterocycles. The summed E-state index contributed by atoms with van der Waals surface area (Å²) in [6.45, 7) is 0. The van der Waals surface area contributed by atoms with E-state index in [-0.39, 0.29) is 0 Å². The predicted molar refractivity (Wildman–Crippen MR) is 193 cm³/mol. The van der Waals surface area contributed by atoms with Gasteiger partial charge in [-0.05, 0) is 47.5 Å². The Morgan fingerprint density at radius 2 is 1.00 bits per heavy atom. The monoisotopic (exact) mass is 605 g/mol. The predicted octanol–water partition coefficient (Wildman–Crippen LogP) is 11.5. The molecule has 0 amide bonds. The van der Waals surface area contributed by atoms with Crippen molar-refractivity contribution in [2.45, 2.75) is 0 Å². The number of hydrogen-bond acceptors (Lipinski definition) is 3. The Hall–Kier alpha value is -5.84. The second kappa shape index (κ2) is 11.0. The van der Waals surface area contributed by atoms with E-state index in [1.165, 1.54) is 48.0 Å². The average Bonchev–Trinajstić information content (AvgIpc) is 3.67. The lowest BCUT2D eigenvalue weighted by molar-refractivity contribution is 1.18. The summed E-state index contributed by atoms with van der Waals surface area (Å²) in [5.41, 5.74) is 11.0. The number of nitrogens with zero attached hydrogens (tertiary/aromatic N) is 3. The van der Waals surface area contributed by atoms with E-state index in [4.69, 9.17) is 9.97 Å². The summed E-state index contributed by atoms with van der Waals surface area (Å²) in [6, 6.07) is 57.7. The first kappa shape index (κ1) is 26.6. The van der Waals surface area contributed by atoms with Gasteiger partial charge in [0.1, 0.15) is 0 Å². The maximum Gasteiger partial charge on any atom is 0.160 e. The molecule has 0 radical (unpaired) electrons. The molecule has 4 heteroatoms. The Labute approximate surface area is 270 Å². The van der Waals surface area contributed by atoms with Crippen LogP contribution in [0.25, 0.3) is 81.9 Å². The maximum absolute atomic E-state index is 5.02. The average molecular weight is 606 g/mol. The van der Waals surface area contributed by atoms with Crippen LogP contribution in [0.15, 0.2) is 164 Å². The summed E-state index contributed by atoms with van der Waals surface area (Å²) >= 11 is 1.87. The molecule has 9 aromatic rings. The van der Waals surface area contributed by atoms with Crippen molar-refractivity contribution in [3.05, 3.63) is 164 Å². The van der Waals surface area contributed by atoms with Gasteiger partial charge in [0.15, 0.2) is 5.82 Å². The van der Waals surface area contributed by atoms with Crippen molar-refractivity contribution in [1.29, 1.82) is 0 Å². The molecule has 46 heavy (non-hydrogen) atoms. The Morgan fingerprint density at radius 3 is 1.72 bits per heavy atom. The van der Waals surface area contributed by atoms with Crippen LogP contribution in [0.3, 0.4) is 0 Å². The molecule has 3 heterocycles. The van der Waals surface area contributed by atoms with Crippen molar-refractivity contribution in [2.24, 2.45) is 0 Å². The van der Waals surface area contributed by atoms with E-state index >= 15 is 0 Å². The Bertz CT molecular complexity index is 2440. The van der Waals surface area contributed by atoms with Gasteiger partial charge in [-0.15, -0.1) is 11.3 Å². The van der Waals surface area contributed by atoms with Crippen molar-refractivity contribution in [1.82, 2.24) is 14.5 Å². The highest BCUT2D eigenvalue weighted by Crippen LogP contribution is 2.43. The first-order valence-electron chi connectivity index (χ1n) is 15.4. The molecule has 0 unspecified atom stereocenters. The number of aromatic nitrogens is 3. The van der Waals surface area contributed by atoms with Crippen LogP contribution in [0.1, 0.15) is 0 Å². The molecular formula is C42H27N3S. The van der Waals surface area contributed by atoms with E-state index in [2.05, 4.69) is 132 Å². The number of fused-ring (bicyclic) bond motifs is 5. The minimum absolute atomic E-state index is 0.724. The summed E-state index contributed by atoms with van der Waals surface area (Å²) in [5, 5.41) is 2.57. The van der Waals surface area contributed by atoms with Gasteiger partial charge < -0.3 is 4.57 Å². The van der Waals surface area contributed by atoms with Crippen LogP contribution in [-0.2, 0) is 0 Å². The van der Waals surface area contributed by atoms with E-state index < -0.39 is 0 Å². The van der Waals surface area contributed by atoms with Gasteiger partial charge in [0, 0.05) is 37.9 Å². The van der Waals surface area contributed by atoms with Crippen LogP contribution in [0.4, 0.5) is 0 Å². The molecular weight excluding hydrogens is 579 g/mol. The van der Waals surface area contributed by atoms with Crippen LogP contribution in [-0.4, -0.2) is 14.5 Å². The van der Waals surface area contributed by atoms with Crippen molar-refractivity contribution >= 4 is 42.5 Å². The van der Waals surface area contributed by atoms with Crippen molar-refractivity contribution in [3.8, 4) is 50.7 Å². The molecule has 0 N–H and O–H groups in total. The normalized spacial score (nSPS) is 11.5. The topological polar surface area (TPSA) is 30.7 Å². The molecule has 3 aromatic heterocycles. The first-order valence-corrected chi connectivity index (χ1v) is 16.2. The zero-order chi connectivity index (χ0) is 30.5. The molecule has 3 nitrogen and oxygen atoms in total. The highest BCUT2D eigenvalue weighted by Gasteiger charge is 2.18. The van der Waals surface area contributed by atoms with Crippen LogP contribution in [0, 0.1) is 0 Å². The Kier molecular flexibility index (Phi) is 6.32. The summed E-state index contributed by atoms with van der Waals surface area (Å²) in [5.74, 6) is 0.724. The highest BCUT2D eigenvalue weighted by atomic mass is 32.1. The van der Waals surface area contributed by atoms with Crippen molar-refractivity contribution in [2.75, 3.05) is 0 Å². The zero-order valence-corrected chi connectivity index (χ0v) is 25.7.